The van der Waals surface area contributed by atoms with Crippen molar-refractivity contribution in [3.63, 3.8) is 0 Å². The lowest BCUT2D eigenvalue weighted by atomic mass is 10.1. The maximum absolute atomic E-state index is 13.9. The summed E-state index contributed by atoms with van der Waals surface area (Å²) >= 11 is 1.84. The minimum absolute atomic E-state index is 0.0847. The summed E-state index contributed by atoms with van der Waals surface area (Å²) in [6.45, 7) is 6.47. The van der Waals surface area contributed by atoms with Crippen LogP contribution in [-0.2, 0) is 4.79 Å². The van der Waals surface area contributed by atoms with Gasteiger partial charge in [-0.15, -0.1) is 0 Å². The molecule has 2 aromatic rings. The molecule has 2 N–H and O–H groups in total. The molecule has 0 aliphatic rings. The van der Waals surface area contributed by atoms with Gasteiger partial charge in [-0.25, -0.2) is 4.39 Å². The van der Waals surface area contributed by atoms with Crippen molar-refractivity contribution in [2.24, 2.45) is 0 Å². The highest BCUT2D eigenvalue weighted by Gasteiger charge is 2.14. The zero-order chi connectivity index (χ0) is 16.9. The molecule has 0 saturated carbocycles. The lowest BCUT2D eigenvalue weighted by Crippen LogP contribution is -2.13. The molecular formula is C17H22FN3OS. The number of anilines is 1. The third-order valence-electron chi connectivity index (χ3n) is 3.14. The van der Waals surface area contributed by atoms with Crippen molar-refractivity contribution in [2.75, 3.05) is 11.1 Å². The third-order valence-corrected chi connectivity index (χ3v) is 4.50. The average molecular weight is 335 g/mol. The summed E-state index contributed by atoms with van der Waals surface area (Å²) in [5.41, 5.74) is 1.38. The standard InChI is InChI=1S/C17H22FN3OS/c1-17(2,3)23-10-6-9-15(22)20-14-11-19-21-16(14)12-7-4-5-8-13(12)18/h4-5,7-8,11H,6,9-10H2,1-3H3,(H,19,21)(H,20,22). The number of halogens is 1. The second kappa shape index (κ2) is 7.64. The van der Waals surface area contributed by atoms with Crippen molar-refractivity contribution in [3.8, 4) is 11.3 Å². The average Bonchev–Trinajstić information content (AvgIpc) is 2.91. The van der Waals surface area contributed by atoms with Gasteiger partial charge in [-0.3, -0.25) is 9.89 Å². The van der Waals surface area contributed by atoms with Crippen molar-refractivity contribution in [2.45, 2.75) is 38.4 Å². The zero-order valence-corrected chi connectivity index (χ0v) is 14.5. The number of hydrogen-bond acceptors (Lipinski definition) is 3. The van der Waals surface area contributed by atoms with Crippen LogP contribution < -0.4 is 5.32 Å². The number of amides is 1. The van der Waals surface area contributed by atoms with Crippen LogP contribution in [0.3, 0.4) is 0 Å². The molecule has 0 fully saturated rings. The van der Waals surface area contributed by atoms with E-state index in [1.165, 1.54) is 12.3 Å². The van der Waals surface area contributed by atoms with Crippen LogP contribution in [0.5, 0.6) is 0 Å². The van der Waals surface area contributed by atoms with Crippen LogP contribution in [0.2, 0.25) is 0 Å². The van der Waals surface area contributed by atoms with E-state index in [9.17, 15) is 9.18 Å². The van der Waals surface area contributed by atoms with Crippen molar-refractivity contribution in [1.82, 2.24) is 10.2 Å². The molecule has 124 valence electrons. The van der Waals surface area contributed by atoms with Crippen LogP contribution in [0.4, 0.5) is 10.1 Å². The monoisotopic (exact) mass is 335 g/mol. The number of hydrogen-bond donors (Lipinski definition) is 2. The molecule has 0 radical (unpaired) electrons. The molecule has 0 saturated heterocycles. The lowest BCUT2D eigenvalue weighted by molar-refractivity contribution is -0.116. The number of rotatable bonds is 6. The van der Waals surface area contributed by atoms with Gasteiger partial charge in [0.25, 0.3) is 0 Å². The van der Waals surface area contributed by atoms with Gasteiger partial charge >= 0.3 is 0 Å². The topological polar surface area (TPSA) is 57.8 Å². The highest BCUT2D eigenvalue weighted by molar-refractivity contribution is 8.00. The highest BCUT2D eigenvalue weighted by Crippen LogP contribution is 2.28. The summed E-state index contributed by atoms with van der Waals surface area (Å²) in [6, 6.07) is 6.40. The summed E-state index contributed by atoms with van der Waals surface area (Å²) in [5.74, 6) is 0.495. The SMILES string of the molecule is CC(C)(C)SCCCC(=O)Nc1cn[nH]c1-c1ccccc1F. The fraction of sp³-hybridized carbons (Fsp3) is 0.412. The van der Waals surface area contributed by atoms with E-state index < -0.39 is 0 Å². The van der Waals surface area contributed by atoms with Crippen molar-refractivity contribution < 1.29 is 9.18 Å². The van der Waals surface area contributed by atoms with Gasteiger partial charge in [-0.2, -0.15) is 16.9 Å². The van der Waals surface area contributed by atoms with Gasteiger partial charge in [0.1, 0.15) is 5.82 Å². The molecule has 1 aromatic heterocycles. The van der Waals surface area contributed by atoms with Crippen LogP contribution in [0.15, 0.2) is 30.5 Å². The van der Waals surface area contributed by atoms with Gasteiger partial charge in [0.2, 0.25) is 5.91 Å². The van der Waals surface area contributed by atoms with Crippen LogP contribution >= 0.6 is 11.8 Å². The Labute approximate surface area is 140 Å². The van der Waals surface area contributed by atoms with E-state index in [1.54, 1.807) is 18.2 Å². The minimum Gasteiger partial charge on any atom is -0.323 e. The van der Waals surface area contributed by atoms with Crippen molar-refractivity contribution in [1.29, 1.82) is 0 Å². The van der Waals surface area contributed by atoms with Gasteiger partial charge in [0, 0.05) is 16.7 Å². The molecule has 0 aliphatic carbocycles. The number of nitrogens with one attached hydrogen (secondary N) is 2. The number of H-pyrrole nitrogens is 1. The van der Waals surface area contributed by atoms with Gasteiger partial charge in [0.05, 0.1) is 17.6 Å². The molecule has 1 heterocycles. The maximum atomic E-state index is 13.9. The molecule has 0 aliphatic heterocycles. The van der Waals surface area contributed by atoms with Crippen LogP contribution in [0.1, 0.15) is 33.6 Å². The first-order valence-electron chi connectivity index (χ1n) is 7.59. The van der Waals surface area contributed by atoms with E-state index in [0.29, 0.717) is 23.4 Å². The summed E-state index contributed by atoms with van der Waals surface area (Å²) in [7, 11) is 0. The first-order valence-corrected chi connectivity index (χ1v) is 8.57. The molecule has 6 heteroatoms. The first kappa shape index (κ1) is 17.5. The number of nitrogens with zero attached hydrogens (tertiary/aromatic N) is 1. The zero-order valence-electron chi connectivity index (χ0n) is 13.6. The number of thioether (sulfide) groups is 1. The normalized spacial score (nSPS) is 11.5. The Morgan fingerprint density at radius 3 is 2.78 bits per heavy atom. The summed E-state index contributed by atoms with van der Waals surface area (Å²) in [6.07, 6.45) is 2.75. The molecule has 0 bridgehead atoms. The number of aromatic amines is 1. The summed E-state index contributed by atoms with van der Waals surface area (Å²) in [4.78, 5) is 12.0. The number of aromatic nitrogens is 2. The molecule has 23 heavy (non-hydrogen) atoms. The Morgan fingerprint density at radius 2 is 2.09 bits per heavy atom. The van der Waals surface area contributed by atoms with E-state index in [1.807, 2.05) is 11.8 Å². The van der Waals surface area contributed by atoms with Crippen molar-refractivity contribution in [3.05, 3.63) is 36.3 Å². The third kappa shape index (κ3) is 5.39. The van der Waals surface area contributed by atoms with Gasteiger partial charge in [0.15, 0.2) is 0 Å². The van der Waals surface area contributed by atoms with Gasteiger partial charge in [-0.1, -0.05) is 32.9 Å². The molecule has 0 unspecified atom stereocenters. The summed E-state index contributed by atoms with van der Waals surface area (Å²) < 4.78 is 14.1. The molecule has 4 nitrogen and oxygen atoms in total. The second-order valence-electron chi connectivity index (χ2n) is 6.25. The van der Waals surface area contributed by atoms with E-state index >= 15 is 0 Å². The second-order valence-corrected chi connectivity index (χ2v) is 8.17. The lowest BCUT2D eigenvalue weighted by Gasteiger charge is -2.17. The predicted molar refractivity (Wildman–Crippen MR) is 94.1 cm³/mol. The molecule has 0 atom stereocenters. The van der Waals surface area contributed by atoms with Gasteiger partial charge in [-0.05, 0) is 24.3 Å². The Hall–Kier alpha value is -1.82. The quantitative estimate of drug-likeness (QED) is 0.766. The van der Waals surface area contributed by atoms with Crippen molar-refractivity contribution >= 4 is 23.4 Å². The van der Waals surface area contributed by atoms with Crippen LogP contribution in [0.25, 0.3) is 11.3 Å². The Balaban J connectivity index is 1.93. The molecule has 1 aromatic carbocycles. The fourth-order valence-electron chi connectivity index (χ4n) is 2.07. The van der Waals surface area contributed by atoms with E-state index in [4.69, 9.17) is 0 Å². The maximum Gasteiger partial charge on any atom is 0.224 e. The Bertz CT molecular complexity index is 664. The Kier molecular flexibility index (Phi) is 5.82. The molecule has 0 spiro atoms. The highest BCUT2D eigenvalue weighted by atomic mass is 32.2. The van der Waals surface area contributed by atoms with E-state index in [-0.39, 0.29) is 16.5 Å². The fourth-order valence-corrected chi connectivity index (χ4v) is 2.98. The summed E-state index contributed by atoms with van der Waals surface area (Å²) in [5, 5.41) is 9.46. The predicted octanol–water partition coefficient (Wildman–Crippen LogP) is 4.47. The van der Waals surface area contributed by atoms with Gasteiger partial charge < -0.3 is 5.32 Å². The first-order chi connectivity index (χ1) is 10.9. The number of benzene rings is 1. The Morgan fingerprint density at radius 1 is 1.35 bits per heavy atom. The van der Waals surface area contributed by atoms with E-state index in [2.05, 4.69) is 36.3 Å². The smallest absolute Gasteiger partial charge is 0.224 e. The van der Waals surface area contributed by atoms with E-state index in [0.717, 1.165) is 12.2 Å². The number of carbonyl (C=O) groups excluding carboxylic acids is 1. The minimum atomic E-state index is -0.353. The molecule has 1 amide bonds. The largest absolute Gasteiger partial charge is 0.323 e. The molecular weight excluding hydrogens is 313 g/mol. The molecule has 2 rings (SSSR count). The number of carbonyl (C=O) groups is 1. The van der Waals surface area contributed by atoms with Crippen LogP contribution in [0, 0.1) is 5.82 Å². The van der Waals surface area contributed by atoms with Crippen LogP contribution in [-0.4, -0.2) is 26.6 Å².